The lowest BCUT2D eigenvalue weighted by atomic mass is 10.2. The largest absolute Gasteiger partial charge is 0.358 e. The molecule has 4 rings (SSSR count). The summed E-state index contributed by atoms with van der Waals surface area (Å²) in [6.07, 6.45) is 6.43. The molecule has 8 heteroatoms. The predicted octanol–water partition coefficient (Wildman–Crippen LogP) is 3.22. The highest BCUT2D eigenvalue weighted by atomic mass is 16.6. The Morgan fingerprint density at radius 1 is 1.07 bits per heavy atom. The first kappa shape index (κ1) is 17.7. The first-order valence-corrected chi connectivity index (χ1v) is 9.49. The van der Waals surface area contributed by atoms with E-state index in [-0.39, 0.29) is 5.82 Å². The van der Waals surface area contributed by atoms with Gasteiger partial charge in [0.05, 0.1) is 18.1 Å². The maximum atomic E-state index is 11.2. The zero-order chi connectivity index (χ0) is 18.8. The van der Waals surface area contributed by atoms with E-state index >= 15 is 0 Å². The first-order chi connectivity index (χ1) is 13.1. The Kier molecular flexibility index (Phi) is 4.89. The fourth-order valence-corrected chi connectivity index (χ4v) is 3.85. The third-order valence-electron chi connectivity index (χ3n) is 5.34. The minimum Gasteiger partial charge on any atom is -0.358 e. The van der Waals surface area contributed by atoms with Crippen molar-refractivity contribution >= 4 is 16.9 Å². The van der Waals surface area contributed by atoms with E-state index in [2.05, 4.69) is 14.5 Å². The standard InChI is InChI=1S/C19H24N6O2/c1-22-17(25(26)27)14-20-18(22)19-21-15-8-4-5-9-16(15)24(19)13-12-23-10-6-2-3-7-11-23/h4-5,8-9,14H,2-3,6-7,10-13H2,1H3. The lowest BCUT2D eigenvalue weighted by Crippen LogP contribution is -2.28. The van der Waals surface area contributed by atoms with Gasteiger partial charge in [0.2, 0.25) is 5.82 Å². The van der Waals surface area contributed by atoms with Crippen molar-refractivity contribution in [1.29, 1.82) is 0 Å². The molecule has 3 heterocycles. The second kappa shape index (κ2) is 7.48. The van der Waals surface area contributed by atoms with Gasteiger partial charge in [-0.15, -0.1) is 0 Å². The van der Waals surface area contributed by atoms with Crippen molar-refractivity contribution in [2.45, 2.75) is 32.2 Å². The van der Waals surface area contributed by atoms with Crippen LogP contribution in [0.3, 0.4) is 0 Å². The van der Waals surface area contributed by atoms with E-state index in [9.17, 15) is 10.1 Å². The summed E-state index contributed by atoms with van der Waals surface area (Å²) in [5.41, 5.74) is 1.92. The molecule has 0 saturated carbocycles. The second-order valence-corrected chi connectivity index (χ2v) is 7.09. The fraction of sp³-hybridized carbons (Fsp3) is 0.474. The lowest BCUT2D eigenvalue weighted by Gasteiger charge is -2.20. The monoisotopic (exact) mass is 368 g/mol. The summed E-state index contributed by atoms with van der Waals surface area (Å²) in [5.74, 6) is 1.17. The number of likely N-dealkylation sites (tertiary alicyclic amines) is 1. The number of para-hydroxylation sites is 2. The van der Waals surface area contributed by atoms with Gasteiger partial charge in [-0.3, -0.25) is 0 Å². The second-order valence-electron chi connectivity index (χ2n) is 7.09. The van der Waals surface area contributed by atoms with Crippen molar-refractivity contribution < 1.29 is 4.92 Å². The molecule has 1 aliphatic heterocycles. The molecule has 142 valence electrons. The van der Waals surface area contributed by atoms with Crippen LogP contribution in [0, 0.1) is 10.1 Å². The number of hydrogen-bond donors (Lipinski definition) is 0. The van der Waals surface area contributed by atoms with Gasteiger partial charge in [-0.1, -0.05) is 25.0 Å². The average Bonchev–Trinajstić information content (AvgIpc) is 3.10. The first-order valence-electron chi connectivity index (χ1n) is 9.49. The van der Waals surface area contributed by atoms with Gasteiger partial charge in [-0.25, -0.2) is 14.5 Å². The minimum absolute atomic E-state index is 0.0314. The molecule has 0 N–H and O–H groups in total. The normalized spacial score (nSPS) is 15.9. The van der Waals surface area contributed by atoms with Crippen molar-refractivity contribution in [3.05, 3.63) is 40.6 Å². The maximum absolute atomic E-state index is 11.2. The van der Waals surface area contributed by atoms with E-state index in [0.717, 1.165) is 37.2 Å². The van der Waals surface area contributed by atoms with Crippen LogP contribution in [-0.2, 0) is 13.6 Å². The van der Waals surface area contributed by atoms with E-state index in [1.807, 2.05) is 24.3 Å². The van der Waals surface area contributed by atoms with Gasteiger partial charge in [0, 0.05) is 13.1 Å². The van der Waals surface area contributed by atoms with Crippen LogP contribution in [0.25, 0.3) is 22.7 Å². The Hall–Kier alpha value is -2.74. The van der Waals surface area contributed by atoms with Crippen molar-refractivity contribution in [3.63, 3.8) is 0 Å². The smallest absolute Gasteiger partial charge is 0.343 e. The Morgan fingerprint density at radius 2 is 1.81 bits per heavy atom. The number of imidazole rings is 2. The molecule has 0 spiro atoms. The topological polar surface area (TPSA) is 82.0 Å². The van der Waals surface area contributed by atoms with Gasteiger partial charge in [0.15, 0.2) is 0 Å². The van der Waals surface area contributed by atoms with Crippen LogP contribution < -0.4 is 0 Å². The van der Waals surface area contributed by atoms with E-state index < -0.39 is 4.92 Å². The molecule has 1 aliphatic rings. The van der Waals surface area contributed by atoms with E-state index in [0.29, 0.717) is 11.6 Å². The third kappa shape index (κ3) is 3.44. The molecule has 0 radical (unpaired) electrons. The van der Waals surface area contributed by atoms with Crippen LogP contribution in [0.5, 0.6) is 0 Å². The molecule has 8 nitrogen and oxygen atoms in total. The van der Waals surface area contributed by atoms with Crippen LogP contribution in [0.1, 0.15) is 25.7 Å². The number of nitro groups is 1. The number of benzene rings is 1. The van der Waals surface area contributed by atoms with Gasteiger partial charge >= 0.3 is 5.82 Å². The zero-order valence-corrected chi connectivity index (χ0v) is 15.5. The van der Waals surface area contributed by atoms with Crippen LogP contribution in [0.4, 0.5) is 5.82 Å². The Bertz CT molecular complexity index is 952. The molecule has 1 aromatic carbocycles. The maximum Gasteiger partial charge on any atom is 0.343 e. The molecule has 27 heavy (non-hydrogen) atoms. The Morgan fingerprint density at radius 3 is 2.52 bits per heavy atom. The van der Waals surface area contributed by atoms with Crippen molar-refractivity contribution in [2.24, 2.45) is 7.05 Å². The Labute approximate surface area is 157 Å². The summed E-state index contributed by atoms with van der Waals surface area (Å²) >= 11 is 0. The molecule has 3 aromatic rings. The molecule has 2 aromatic heterocycles. The zero-order valence-electron chi connectivity index (χ0n) is 15.5. The summed E-state index contributed by atoms with van der Waals surface area (Å²) in [7, 11) is 1.67. The molecule has 0 amide bonds. The Balaban J connectivity index is 1.70. The van der Waals surface area contributed by atoms with Gasteiger partial charge in [-0.05, 0) is 43.0 Å². The highest BCUT2D eigenvalue weighted by molar-refractivity contribution is 5.79. The predicted molar refractivity (Wildman–Crippen MR) is 103 cm³/mol. The molecule has 1 fully saturated rings. The molecule has 0 unspecified atom stereocenters. The van der Waals surface area contributed by atoms with Crippen LogP contribution in [-0.4, -0.2) is 48.6 Å². The van der Waals surface area contributed by atoms with Gasteiger partial charge in [0.25, 0.3) is 5.82 Å². The number of rotatable bonds is 5. The number of nitrogens with zero attached hydrogens (tertiary/aromatic N) is 6. The van der Waals surface area contributed by atoms with Crippen molar-refractivity contribution in [1.82, 2.24) is 24.0 Å². The lowest BCUT2D eigenvalue weighted by molar-refractivity contribution is -0.391. The minimum atomic E-state index is -0.416. The van der Waals surface area contributed by atoms with Gasteiger partial charge in [0.1, 0.15) is 6.20 Å². The van der Waals surface area contributed by atoms with E-state index in [1.54, 1.807) is 7.05 Å². The van der Waals surface area contributed by atoms with E-state index in [1.165, 1.54) is 36.4 Å². The fourth-order valence-electron chi connectivity index (χ4n) is 3.85. The summed E-state index contributed by atoms with van der Waals surface area (Å²) in [5, 5.41) is 11.2. The van der Waals surface area contributed by atoms with Crippen LogP contribution in [0.15, 0.2) is 30.5 Å². The average molecular weight is 368 g/mol. The molecular formula is C19H24N6O2. The number of fused-ring (bicyclic) bond motifs is 1. The summed E-state index contributed by atoms with van der Waals surface area (Å²) in [6, 6.07) is 7.97. The summed E-state index contributed by atoms with van der Waals surface area (Å²) < 4.78 is 3.65. The molecular weight excluding hydrogens is 344 g/mol. The van der Waals surface area contributed by atoms with Crippen molar-refractivity contribution in [2.75, 3.05) is 19.6 Å². The van der Waals surface area contributed by atoms with Crippen molar-refractivity contribution in [3.8, 4) is 11.6 Å². The third-order valence-corrected chi connectivity index (χ3v) is 5.34. The van der Waals surface area contributed by atoms with Gasteiger partial charge < -0.3 is 19.6 Å². The number of aromatic nitrogens is 4. The van der Waals surface area contributed by atoms with Crippen LogP contribution >= 0.6 is 0 Å². The number of hydrogen-bond acceptors (Lipinski definition) is 5. The molecule has 0 bridgehead atoms. The quantitative estimate of drug-likeness (QED) is 0.510. The van der Waals surface area contributed by atoms with E-state index in [4.69, 9.17) is 4.98 Å². The summed E-state index contributed by atoms with van der Waals surface area (Å²) in [6.45, 7) is 4.00. The highest BCUT2D eigenvalue weighted by Gasteiger charge is 2.24. The molecule has 0 aliphatic carbocycles. The highest BCUT2D eigenvalue weighted by Crippen LogP contribution is 2.26. The summed E-state index contributed by atoms with van der Waals surface area (Å²) in [4.78, 5) is 22.3. The molecule has 0 atom stereocenters. The van der Waals surface area contributed by atoms with Gasteiger partial charge in [-0.2, -0.15) is 0 Å². The van der Waals surface area contributed by atoms with Crippen LogP contribution in [0.2, 0.25) is 0 Å². The SMILES string of the molecule is Cn1c([N+](=O)[O-])cnc1-c1nc2ccccc2n1CCN1CCCCCC1. The molecule has 1 saturated heterocycles.